The van der Waals surface area contributed by atoms with Gasteiger partial charge >= 0.3 is 0 Å². The average Bonchev–Trinajstić information content (AvgIpc) is 3.21. The highest BCUT2D eigenvalue weighted by molar-refractivity contribution is 5.98. The minimum Gasteiger partial charge on any atom is -0.352 e. The van der Waals surface area contributed by atoms with Crippen LogP contribution in [0.4, 0.5) is 4.39 Å². The maximum absolute atomic E-state index is 13.3. The molecule has 30 heavy (non-hydrogen) atoms. The number of aromatic amines is 1. The number of carbonyl (C=O) groups excluding carboxylic acids is 2. The van der Waals surface area contributed by atoms with Crippen LogP contribution in [0, 0.1) is 17.7 Å². The average molecular weight is 407 g/mol. The van der Waals surface area contributed by atoms with Gasteiger partial charge in [-0.1, -0.05) is 37.3 Å². The Morgan fingerprint density at radius 2 is 1.90 bits per heavy atom. The summed E-state index contributed by atoms with van der Waals surface area (Å²) in [5.74, 6) is -0.248. The fourth-order valence-electron chi connectivity index (χ4n) is 4.17. The number of H-pyrrole nitrogens is 1. The molecule has 1 aliphatic heterocycles. The van der Waals surface area contributed by atoms with E-state index in [0.717, 1.165) is 29.3 Å². The molecule has 0 saturated carbocycles. The van der Waals surface area contributed by atoms with Crippen molar-refractivity contribution in [2.75, 3.05) is 13.1 Å². The summed E-state index contributed by atoms with van der Waals surface area (Å²) in [4.78, 5) is 30.5. The monoisotopic (exact) mass is 407 g/mol. The Morgan fingerprint density at radius 3 is 2.63 bits per heavy atom. The van der Waals surface area contributed by atoms with Gasteiger partial charge in [0.05, 0.1) is 0 Å². The van der Waals surface area contributed by atoms with E-state index in [1.807, 2.05) is 42.2 Å². The number of hydrogen-bond acceptors (Lipinski definition) is 2. The molecule has 2 N–H and O–H groups in total. The molecule has 2 aromatic carbocycles. The molecule has 0 radical (unpaired) electrons. The quantitative estimate of drug-likeness (QED) is 0.668. The van der Waals surface area contributed by atoms with E-state index in [1.165, 1.54) is 12.1 Å². The molecule has 1 fully saturated rings. The van der Waals surface area contributed by atoms with Gasteiger partial charge in [0.15, 0.2) is 0 Å². The van der Waals surface area contributed by atoms with E-state index in [0.29, 0.717) is 25.3 Å². The third-order valence-electron chi connectivity index (χ3n) is 6.06. The molecule has 0 spiro atoms. The van der Waals surface area contributed by atoms with Crippen LogP contribution in [0.3, 0.4) is 0 Å². The molecular weight excluding hydrogens is 381 g/mol. The number of carbonyl (C=O) groups is 2. The Balaban J connectivity index is 1.29. The van der Waals surface area contributed by atoms with E-state index in [2.05, 4.69) is 10.3 Å². The lowest BCUT2D eigenvalue weighted by molar-refractivity contribution is -0.126. The number of para-hydroxylation sites is 1. The summed E-state index contributed by atoms with van der Waals surface area (Å²) < 4.78 is 13.3. The number of halogens is 1. The predicted octanol–water partition coefficient (Wildman–Crippen LogP) is 4.11. The van der Waals surface area contributed by atoms with Gasteiger partial charge in [-0.15, -0.1) is 0 Å². The van der Waals surface area contributed by atoms with Crippen molar-refractivity contribution in [3.63, 3.8) is 0 Å². The molecule has 2 amide bonds. The van der Waals surface area contributed by atoms with Crippen LogP contribution in [-0.4, -0.2) is 34.8 Å². The Bertz CT molecular complexity index is 1020. The molecule has 6 heteroatoms. The SMILES string of the molecule is C[C@@H](C(=O)NCc1cccc(F)c1)C1CCN(C(=O)c2cc3ccccc3[nH]2)CC1. The molecule has 4 rings (SSSR count). The summed E-state index contributed by atoms with van der Waals surface area (Å²) in [6, 6.07) is 16.0. The maximum Gasteiger partial charge on any atom is 0.270 e. The van der Waals surface area contributed by atoms with Crippen LogP contribution in [0.5, 0.6) is 0 Å². The predicted molar refractivity (Wildman–Crippen MR) is 114 cm³/mol. The van der Waals surface area contributed by atoms with E-state index >= 15 is 0 Å². The first-order chi connectivity index (χ1) is 14.5. The second kappa shape index (κ2) is 8.69. The largest absolute Gasteiger partial charge is 0.352 e. The Labute approximate surface area is 175 Å². The number of amides is 2. The van der Waals surface area contributed by atoms with Gasteiger partial charge in [-0.2, -0.15) is 0 Å². The first kappa shape index (κ1) is 20.1. The van der Waals surface area contributed by atoms with Crippen molar-refractivity contribution in [1.82, 2.24) is 15.2 Å². The number of piperidine rings is 1. The summed E-state index contributed by atoms with van der Waals surface area (Å²) in [5, 5.41) is 3.93. The van der Waals surface area contributed by atoms with Crippen molar-refractivity contribution < 1.29 is 14.0 Å². The number of hydrogen-bond donors (Lipinski definition) is 2. The van der Waals surface area contributed by atoms with E-state index < -0.39 is 0 Å². The van der Waals surface area contributed by atoms with Crippen LogP contribution in [0.2, 0.25) is 0 Å². The molecule has 1 aliphatic rings. The molecule has 1 atom stereocenters. The van der Waals surface area contributed by atoms with Crippen LogP contribution in [0.1, 0.15) is 35.8 Å². The third-order valence-corrected chi connectivity index (χ3v) is 6.06. The molecule has 0 unspecified atom stereocenters. The molecule has 0 bridgehead atoms. The summed E-state index contributed by atoms with van der Waals surface area (Å²) in [6.45, 7) is 3.53. The van der Waals surface area contributed by atoms with Crippen LogP contribution in [0.25, 0.3) is 10.9 Å². The number of fused-ring (bicyclic) bond motifs is 1. The number of benzene rings is 2. The number of nitrogens with zero attached hydrogens (tertiary/aromatic N) is 1. The zero-order valence-corrected chi connectivity index (χ0v) is 17.0. The molecule has 5 nitrogen and oxygen atoms in total. The van der Waals surface area contributed by atoms with Crippen molar-refractivity contribution >= 4 is 22.7 Å². The van der Waals surface area contributed by atoms with Gasteiger partial charge in [-0.25, -0.2) is 4.39 Å². The summed E-state index contributed by atoms with van der Waals surface area (Å²) in [6.07, 6.45) is 1.58. The number of aromatic nitrogens is 1. The molecule has 2 heterocycles. The van der Waals surface area contributed by atoms with Crippen molar-refractivity contribution in [2.45, 2.75) is 26.3 Å². The Morgan fingerprint density at radius 1 is 1.13 bits per heavy atom. The van der Waals surface area contributed by atoms with Gasteiger partial charge in [-0.05, 0) is 48.6 Å². The highest BCUT2D eigenvalue weighted by Crippen LogP contribution is 2.26. The van der Waals surface area contributed by atoms with Crippen LogP contribution < -0.4 is 5.32 Å². The van der Waals surface area contributed by atoms with Crippen molar-refractivity contribution in [1.29, 1.82) is 0 Å². The topological polar surface area (TPSA) is 65.2 Å². The standard InChI is InChI=1S/C24H26FN3O2/c1-16(23(29)26-15-17-5-4-7-20(25)13-17)18-9-11-28(12-10-18)24(30)22-14-19-6-2-3-8-21(19)27-22/h2-8,13-14,16,18,27H,9-12,15H2,1H3,(H,26,29)/t16-/m1/s1. The normalized spacial score (nSPS) is 15.9. The molecule has 1 aromatic heterocycles. The van der Waals surface area contributed by atoms with Gasteiger partial charge in [0.2, 0.25) is 5.91 Å². The van der Waals surface area contributed by atoms with Gasteiger partial charge in [-0.3, -0.25) is 9.59 Å². The number of nitrogens with one attached hydrogen (secondary N) is 2. The first-order valence-corrected chi connectivity index (χ1v) is 10.4. The maximum atomic E-state index is 13.3. The second-order valence-corrected chi connectivity index (χ2v) is 8.04. The molecule has 0 aliphatic carbocycles. The van der Waals surface area contributed by atoms with E-state index in [4.69, 9.17) is 0 Å². The van der Waals surface area contributed by atoms with Crippen LogP contribution >= 0.6 is 0 Å². The minimum atomic E-state index is -0.304. The van der Waals surface area contributed by atoms with Crippen molar-refractivity contribution in [3.05, 3.63) is 71.7 Å². The number of likely N-dealkylation sites (tertiary alicyclic amines) is 1. The van der Waals surface area contributed by atoms with Crippen molar-refractivity contribution in [2.24, 2.45) is 11.8 Å². The van der Waals surface area contributed by atoms with Gasteiger partial charge in [0, 0.05) is 36.5 Å². The summed E-state index contributed by atoms with van der Waals surface area (Å²) in [5.41, 5.74) is 2.31. The lowest BCUT2D eigenvalue weighted by Gasteiger charge is -2.34. The van der Waals surface area contributed by atoms with Crippen molar-refractivity contribution in [3.8, 4) is 0 Å². The second-order valence-electron chi connectivity index (χ2n) is 8.04. The van der Waals surface area contributed by atoms with E-state index in [9.17, 15) is 14.0 Å². The summed E-state index contributed by atoms with van der Waals surface area (Å²) in [7, 11) is 0. The zero-order valence-electron chi connectivity index (χ0n) is 17.0. The van der Waals surface area contributed by atoms with Crippen LogP contribution in [0.15, 0.2) is 54.6 Å². The molecule has 156 valence electrons. The molecule has 1 saturated heterocycles. The molecule has 3 aromatic rings. The minimum absolute atomic E-state index is 0.00728. The Hall–Kier alpha value is -3.15. The fraction of sp³-hybridized carbons (Fsp3) is 0.333. The smallest absolute Gasteiger partial charge is 0.270 e. The summed E-state index contributed by atoms with van der Waals surface area (Å²) >= 11 is 0. The van der Waals surface area contributed by atoms with E-state index in [-0.39, 0.29) is 29.5 Å². The van der Waals surface area contributed by atoms with Gasteiger partial charge in [0.1, 0.15) is 11.5 Å². The lowest BCUT2D eigenvalue weighted by Crippen LogP contribution is -2.42. The third kappa shape index (κ3) is 4.37. The van der Waals surface area contributed by atoms with Gasteiger partial charge in [0.25, 0.3) is 5.91 Å². The van der Waals surface area contributed by atoms with E-state index in [1.54, 1.807) is 12.1 Å². The highest BCUT2D eigenvalue weighted by Gasteiger charge is 2.30. The zero-order chi connectivity index (χ0) is 21.1. The number of rotatable bonds is 5. The first-order valence-electron chi connectivity index (χ1n) is 10.4. The Kier molecular flexibility index (Phi) is 5.84. The fourth-order valence-corrected chi connectivity index (χ4v) is 4.17. The van der Waals surface area contributed by atoms with Gasteiger partial charge < -0.3 is 15.2 Å². The lowest BCUT2D eigenvalue weighted by atomic mass is 9.84. The highest BCUT2D eigenvalue weighted by atomic mass is 19.1. The van der Waals surface area contributed by atoms with Crippen LogP contribution in [-0.2, 0) is 11.3 Å². The molecular formula is C24H26FN3O2.